The Bertz CT molecular complexity index is 456. The summed E-state index contributed by atoms with van der Waals surface area (Å²) in [5.74, 6) is 0.0264. The Kier molecular flexibility index (Phi) is 4.10. The predicted octanol–water partition coefficient (Wildman–Crippen LogP) is 3.06. The highest BCUT2D eigenvalue weighted by molar-refractivity contribution is 6.34. The van der Waals surface area contributed by atoms with Gasteiger partial charge in [-0.15, -0.1) is 0 Å². The van der Waals surface area contributed by atoms with Crippen molar-refractivity contribution in [2.24, 2.45) is 5.92 Å². The normalized spacial score (nSPS) is 23.1. The lowest BCUT2D eigenvalue weighted by Crippen LogP contribution is -2.31. The number of halogens is 2. The molecule has 1 amide bonds. The number of carbonyl (C=O) groups is 1. The molecule has 1 aliphatic heterocycles. The molecular formula is C12H14Cl2N2O2. The van der Waals surface area contributed by atoms with Crippen molar-refractivity contribution in [1.29, 1.82) is 0 Å². The van der Waals surface area contributed by atoms with Crippen LogP contribution in [0.25, 0.3) is 0 Å². The molecule has 2 atom stereocenters. The highest BCUT2D eigenvalue weighted by Gasteiger charge is 2.31. The highest BCUT2D eigenvalue weighted by atomic mass is 35.5. The average Bonchev–Trinajstić information content (AvgIpc) is 2.69. The van der Waals surface area contributed by atoms with E-state index in [9.17, 15) is 4.79 Å². The number of aromatic nitrogens is 1. The van der Waals surface area contributed by atoms with Gasteiger partial charge in [0.2, 0.25) is 0 Å². The van der Waals surface area contributed by atoms with Crippen molar-refractivity contribution in [2.45, 2.75) is 26.4 Å². The van der Waals surface area contributed by atoms with Crippen LogP contribution in [0.15, 0.2) is 6.07 Å². The largest absolute Gasteiger partial charge is 0.368 e. The first-order valence-corrected chi connectivity index (χ1v) is 6.49. The van der Waals surface area contributed by atoms with Crippen molar-refractivity contribution in [3.8, 4) is 0 Å². The maximum absolute atomic E-state index is 12.1. The van der Waals surface area contributed by atoms with E-state index >= 15 is 0 Å². The summed E-state index contributed by atoms with van der Waals surface area (Å²) in [6, 6.07) is 1.65. The number of carbonyl (C=O) groups excluding carboxylic acids is 1. The fraction of sp³-hybridized carbons (Fsp3) is 0.500. The lowest BCUT2D eigenvalue weighted by Gasteiger charge is -2.16. The van der Waals surface area contributed by atoms with E-state index in [4.69, 9.17) is 27.9 Å². The van der Waals surface area contributed by atoms with Crippen LogP contribution in [0.1, 0.15) is 18.9 Å². The molecule has 0 bridgehead atoms. The first kappa shape index (κ1) is 13.6. The van der Waals surface area contributed by atoms with Crippen molar-refractivity contribution in [2.75, 3.05) is 11.9 Å². The summed E-state index contributed by atoms with van der Waals surface area (Å²) in [6.45, 7) is 4.42. The van der Waals surface area contributed by atoms with Crippen molar-refractivity contribution in [3.05, 3.63) is 21.9 Å². The second kappa shape index (κ2) is 5.43. The first-order chi connectivity index (χ1) is 8.49. The third-order valence-electron chi connectivity index (χ3n) is 3.04. The molecular weight excluding hydrogens is 275 g/mol. The molecule has 98 valence electrons. The van der Waals surface area contributed by atoms with Crippen LogP contribution in [-0.2, 0) is 9.53 Å². The third kappa shape index (κ3) is 2.76. The quantitative estimate of drug-likeness (QED) is 0.851. The Hall–Kier alpha value is -0.840. The van der Waals surface area contributed by atoms with E-state index in [-0.39, 0.29) is 17.0 Å². The average molecular weight is 289 g/mol. The third-order valence-corrected chi connectivity index (χ3v) is 3.50. The number of amides is 1. The molecule has 1 saturated heterocycles. The molecule has 1 aromatic heterocycles. The van der Waals surface area contributed by atoms with Crippen LogP contribution < -0.4 is 5.32 Å². The molecule has 2 rings (SSSR count). The molecule has 0 spiro atoms. The SMILES string of the molecule is Cc1cc(Cl)nc(Cl)c1NC(=O)C1OCCC1C. The van der Waals surface area contributed by atoms with Gasteiger partial charge in [0.25, 0.3) is 5.91 Å². The van der Waals surface area contributed by atoms with Crippen molar-refractivity contribution in [3.63, 3.8) is 0 Å². The van der Waals surface area contributed by atoms with Crippen LogP contribution in [0.2, 0.25) is 10.3 Å². The van der Waals surface area contributed by atoms with Gasteiger partial charge >= 0.3 is 0 Å². The summed E-state index contributed by atoms with van der Waals surface area (Å²) < 4.78 is 5.40. The molecule has 1 N–H and O–H groups in total. The summed E-state index contributed by atoms with van der Waals surface area (Å²) in [7, 11) is 0. The molecule has 18 heavy (non-hydrogen) atoms. The number of hydrogen-bond donors (Lipinski definition) is 1. The zero-order valence-corrected chi connectivity index (χ0v) is 11.7. The minimum absolute atomic E-state index is 0.186. The molecule has 1 fully saturated rings. The summed E-state index contributed by atoms with van der Waals surface area (Å²) in [4.78, 5) is 16.0. The van der Waals surface area contributed by atoms with Crippen LogP contribution in [0.5, 0.6) is 0 Å². The predicted molar refractivity (Wildman–Crippen MR) is 71.1 cm³/mol. The van der Waals surface area contributed by atoms with Gasteiger partial charge in [-0.3, -0.25) is 4.79 Å². The lowest BCUT2D eigenvalue weighted by molar-refractivity contribution is -0.126. The van der Waals surface area contributed by atoms with Crippen molar-refractivity contribution in [1.82, 2.24) is 4.98 Å². The van der Waals surface area contributed by atoms with Crippen LogP contribution in [0.3, 0.4) is 0 Å². The molecule has 0 saturated carbocycles. The molecule has 6 heteroatoms. The topological polar surface area (TPSA) is 51.2 Å². The maximum Gasteiger partial charge on any atom is 0.253 e. The fourth-order valence-electron chi connectivity index (χ4n) is 1.97. The van der Waals surface area contributed by atoms with Crippen LogP contribution in [0.4, 0.5) is 5.69 Å². The van der Waals surface area contributed by atoms with E-state index in [1.807, 2.05) is 13.8 Å². The summed E-state index contributed by atoms with van der Waals surface area (Å²) in [5, 5.41) is 3.26. The number of pyridine rings is 1. The van der Waals surface area contributed by atoms with Crippen molar-refractivity contribution < 1.29 is 9.53 Å². The number of anilines is 1. The minimum atomic E-state index is -0.420. The molecule has 0 radical (unpaired) electrons. The van der Waals surface area contributed by atoms with E-state index in [0.29, 0.717) is 17.4 Å². The van der Waals surface area contributed by atoms with Gasteiger partial charge in [0.1, 0.15) is 11.3 Å². The number of aryl methyl sites for hydroxylation is 1. The smallest absolute Gasteiger partial charge is 0.253 e. The zero-order valence-electron chi connectivity index (χ0n) is 10.2. The summed E-state index contributed by atoms with van der Waals surface area (Å²) in [5.41, 5.74) is 1.27. The molecule has 1 aliphatic rings. The van der Waals surface area contributed by atoms with E-state index in [2.05, 4.69) is 10.3 Å². The highest BCUT2D eigenvalue weighted by Crippen LogP contribution is 2.28. The van der Waals surface area contributed by atoms with Gasteiger partial charge in [-0.1, -0.05) is 30.1 Å². The molecule has 1 aromatic rings. The monoisotopic (exact) mass is 288 g/mol. The minimum Gasteiger partial charge on any atom is -0.368 e. The maximum atomic E-state index is 12.1. The number of nitrogens with zero attached hydrogens (tertiary/aromatic N) is 1. The van der Waals surface area contributed by atoms with Gasteiger partial charge in [-0.2, -0.15) is 0 Å². The van der Waals surface area contributed by atoms with Crippen LogP contribution in [0, 0.1) is 12.8 Å². The van der Waals surface area contributed by atoms with Gasteiger partial charge in [0.15, 0.2) is 5.15 Å². The van der Waals surface area contributed by atoms with Gasteiger partial charge in [-0.25, -0.2) is 4.98 Å². The Morgan fingerprint density at radius 1 is 1.56 bits per heavy atom. The number of hydrogen-bond acceptors (Lipinski definition) is 3. The van der Waals surface area contributed by atoms with E-state index < -0.39 is 6.10 Å². The fourth-order valence-corrected chi connectivity index (χ4v) is 2.55. The molecule has 4 nitrogen and oxygen atoms in total. The van der Waals surface area contributed by atoms with Crippen LogP contribution in [-0.4, -0.2) is 23.6 Å². The van der Waals surface area contributed by atoms with Gasteiger partial charge < -0.3 is 10.1 Å². The second-order valence-electron chi connectivity index (χ2n) is 4.47. The molecule has 2 heterocycles. The van der Waals surface area contributed by atoms with E-state index in [1.165, 1.54) is 0 Å². The molecule has 0 aliphatic carbocycles. The zero-order chi connectivity index (χ0) is 13.3. The summed E-state index contributed by atoms with van der Waals surface area (Å²) in [6.07, 6.45) is 0.472. The number of nitrogens with one attached hydrogen (secondary N) is 1. The molecule has 2 unspecified atom stereocenters. The Balaban J connectivity index is 2.17. The van der Waals surface area contributed by atoms with E-state index in [0.717, 1.165) is 12.0 Å². The van der Waals surface area contributed by atoms with Gasteiger partial charge in [0.05, 0.1) is 5.69 Å². The Morgan fingerprint density at radius 3 is 2.83 bits per heavy atom. The number of rotatable bonds is 2. The Morgan fingerprint density at radius 2 is 2.28 bits per heavy atom. The molecule has 0 aromatic carbocycles. The van der Waals surface area contributed by atoms with Gasteiger partial charge in [-0.05, 0) is 30.9 Å². The second-order valence-corrected chi connectivity index (χ2v) is 5.22. The number of ether oxygens (including phenoxy) is 1. The first-order valence-electron chi connectivity index (χ1n) is 5.74. The summed E-state index contributed by atoms with van der Waals surface area (Å²) >= 11 is 11.7. The van der Waals surface area contributed by atoms with Gasteiger partial charge in [0, 0.05) is 6.61 Å². The Labute approximate surface area is 116 Å². The van der Waals surface area contributed by atoms with Crippen molar-refractivity contribution >= 4 is 34.8 Å². The van der Waals surface area contributed by atoms with E-state index in [1.54, 1.807) is 6.07 Å². The van der Waals surface area contributed by atoms with Crippen LogP contribution >= 0.6 is 23.2 Å². The standard InChI is InChI=1S/C12H14Cl2N2O2/c1-6-3-4-18-10(6)12(17)16-9-7(2)5-8(13)15-11(9)14/h5-6,10H,3-4H2,1-2H3,(H,16,17). The lowest BCUT2D eigenvalue weighted by atomic mass is 10.0.